The van der Waals surface area contributed by atoms with E-state index in [1.165, 1.54) is 12.1 Å². The van der Waals surface area contributed by atoms with Crippen LogP contribution in [0, 0.1) is 10.1 Å². The Bertz CT molecular complexity index is 345. The highest BCUT2D eigenvalue weighted by atomic mass is 31.2. The van der Waals surface area contributed by atoms with Crippen molar-refractivity contribution in [2.24, 2.45) is 0 Å². The number of rotatable bonds is 2. The molecule has 0 aromatic heterocycles. The summed E-state index contributed by atoms with van der Waals surface area (Å²) in [4.78, 5) is 9.59. The number of para-hydroxylation sites is 1. The molecule has 0 amide bonds. The smallest absolute Gasteiger partial charge is 0.269 e. The fourth-order valence-electron chi connectivity index (χ4n) is 0.550. The quantitative estimate of drug-likeness (QED) is 0.444. The van der Waals surface area contributed by atoms with E-state index in [-0.39, 0.29) is 5.69 Å². The van der Waals surface area contributed by atoms with E-state index in [4.69, 9.17) is 0 Å². The second kappa shape index (κ2) is 6.36. The van der Waals surface area contributed by atoms with Crippen molar-refractivity contribution in [2.75, 3.05) is 19.5 Å². The third kappa shape index (κ3) is 7.89. The van der Waals surface area contributed by atoms with Crippen LogP contribution >= 0.6 is 7.14 Å². The molecule has 0 heterocycles. The van der Waals surface area contributed by atoms with Crippen LogP contribution in [0.3, 0.4) is 0 Å². The predicted octanol–water partition coefficient (Wildman–Crippen LogP) is 3.22. The van der Waals surface area contributed by atoms with Gasteiger partial charge in [0.1, 0.15) is 0 Å². The van der Waals surface area contributed by atoms with Crippen LogP contribution in [0.5, 0.6) is 0 Å². The molecule has 0 unspecified atom stereocenters. The van der Waals surface area contributed by atoms with Gasteiger partial charge in [0.2, 0.25) is 0 Å². The Labute approximate surface area is 89.8 Å². The second-order valence-electron chi connectivity index (χ2n) is 3.48. The molecular weight excluding hydrogens is 213 g/mol. The summed E-state index contributed by atoms with van der Waals surface area (Å²) in [5, 5.41) is 10.0. The summed E-state index contributed by atoms with van der Waals surface area (Å²) in [5.41, 5.74) is 0.137. The number of non-ortho nitro benzene ring substituents is 1. The standard InChI is InChI=1S/C6H5NO2.C4H11OP/c8-7(9)6-4-2-1-3-5-6;1-4-6(2,3)5/h1-5H;4H2,1-3H3. The number of nitro groups is 1. The van der Waals surface area contributed by atoms with Crippen LogP contribution in [0.1, 0.15) is 6.92 Å². The molecule has 0 atom stereocenters. The number of benzene rings is 1. The average molecular weight is 229 g/mol. The first kappa shape index (κ1) is 13.8. The maximum atomic E-state index is 10.6. The van der Waals surface area contributed by atoms with Crippen molar-refractivity contribution in [3.8, 4) is 0 Å². The van der Waals surface area contributed by atoms with Crippen molar-refractivity contribution in [1.82, 2.24) is 0 Å². The van der Waals surface area contributed by atoms with Gasteiger partial charge in [-0.2, -0.15) is 0 Å². The summed E-state index contributed by atoms with van der Waals surface area (Å²) >= 11 is 0. The maximum Gasteiger partial charge on any atom is 0.269 e. The monoisotopic (exact) mass is 229 g/mol. The van der Waals surface area contributed by atoms with Crippen molar-refractivity contribution in [2.45, 2.75) is 6.92 Å². The summed E-state index contributed by atoms with van der Waals surface area (Å²) < 4.78 is 10.6. The lowest BCUT2D eigenvalue weighted by atomic mass is 10.3. The Hall–Kier alpha value is -1.15. The summed E-state index contributed by atoms with van der Waals surface area (Å²) in [5.74, 6) is 0. The van der Waals surface area contributed by atoms with E-state index in [2.05, 4.69) is 0 Å². The third-order valence-corrected chi connectivity index (χ3v) is 3.25. The molecule has 0 bridgehead atoms. The van der Waals surface area contributed by atoms with Crippen molar-refractivity contribution < 1.29 is 9.49 Å². The van der Waals surface area contributed by atoms with Crippen LogP contribution in [-0.4, -0.2) is 24.4 Å². The van der Waals surface area contributed by atoms with E-state index in [0.717, 1.165) is 6.16 Å². The number of hydrogen-bond donors (Lipinski definition) is 0. The summed E-state index contributed by atoms with van der Waals surface area (Å²) in [7, 11) is -1.65. The van der Waals surface area contributed by atoms with Gasteiger partial charge in [-0.25, -0.2) is 0 Å². The zero-order valence-corrected chi connectivity index (χ0v) is 10.1. The van der Waals surface area contributed by atoms with Gasteiger partial charge in [-0.1, -0.05) is 25.1 Å². The fraction of sp³-hybridized carbons (Fsp3) is 0.400. The minimum Gasteiger partial charge on any atom is -0.324 e. The molecular formula is C10H16NO3P. The molecule has 0 N–H and O–H groups in total. The fourth-order valence-corrected chi connectivity index (χ4v) is 0.550. The highest BCUT2D eigenvalue weighted by molar-refractivity contribution is 7.62. The van der Waals surface area contributed by atoms with Gasteiger partial charge in [-0.15, -0.1) is 0 Å². The molecule has 0 fully saturated rings. The van der Waals surface area contributed by atoms with Crippen molar-refractivity contribution >= 4 is 12.8 Å². The average Bonchev–Trinajstić information content (AvgIpc) is 2.19. The molecule has 0 radical (unpaired) electrons. The highest BCUT2D eigenvalue weighted by Crippen LogP contribution is 2.34. The van der Waals surface area contributed by atoms with Gasteiger partial charge in [0.25, 0.3) is 5.69 Å². The Morgan fingerprint density at radius 2 is 1.67 bits per heavy atom. The lowest BCUT2D eigenvalue weighted by Crippen LogP contribution is -1.84. The second-order valence-corrected chi connectivity index (χ2v) is 7.26. The predicted molar refractivity (Wildman–Crippen MR) is 63.1 cm³/mol. The van der Waals surface area contributed by atoms with Gasteiger partial charge in [0.15, 0.2) is 0 Å². The number of hydrogen-bond acceptors (Lipinski definition) is 3. The third-order valence-electron chi connectivity index (χ3n) is 1.73. The summed E-state index contributed by atoms with van der Waals surface area (Å²) in [6.45, 7) is 5.54. The van der Waals surface area contributed by atoms with Crippen molar-refractivity contribution in [3.05, 3.63) is 40.4 Å². The van der Waals surface area contributed by atoms with Gasteiger partial charge in [0.05, 0.1) is 12.1 Å². The molecule has 5 heteroatoms. The Kier molecular flexibility index (Phi) is 5.87. The van der Waals surface area contributed by atoms with Crippen molar-refractivity contribution in [1.29, 1.82) is 0 Å². The SMILES string of the molecule is CCP(C)(C)=O.O=[N+]([O-])c1ccccc1. The van der Waals surface area contributed by atoms with Crippen LogP contribution in [0.25, 0.3) is 0 Å². The first-order valence-electron chi connectivity index (χ1n) is 4.60. The summed E-state index contributed by atoms with van der Waals surface area (Å²) in [6, 6.07) is 7.93. The molecule has 1 rings (SSSR count). The first-order chi connectivity index (χ1) is 6.87. The number of nitrogens with zero attached hydrogens (tertiary/aromatic N) is 1. The van der Waals surface area contributed by atoms with Gasteiger partial charge in [0, 0.05) is 12.1 Å². The van der Waals surface area contributed by atoms with E-state index >= 15 is 0 Å². The summed E-state index contributed by atoms with van der Waals surface area (Å²) in [6.07, 6.45) is 0.826. The first-order valence-corrected chi connectivity index (χ1v) is 7.39. The maximum absolute atomic E-state index is 10.6. The lowest BCUT2D eigenvalue weighted by Gasteiger charge is -1.95. The Balaban J connectivity index is 0.000000288. The van der Waals surface area contributed by atoms with Crippen LogP contribution in [0.2, 0.25) is 0 Å². The van der Waals surface area contributed by atoms with E-state index in [0.29, 0.717) is 0 Å². The van der Waals surface area contributed by atoms with Gasteiger partial charge in [-0.3, -0.25) is 10.1 Å². The minimum absolute atomic E-state index is 0.137. The van der Waals surface area contributed by atoms with E-state index in [1.807, 2.05) is 6.92 Å². The Morgan fingerprint density at radius 1 is 1.27 bits per heavy atom. The molecule has 0 saturated carbocycles. The van der Waals surface area contributed by atoms with Gasteiger partial charge >= 0.3 is 0 Å². The molecule has 0 spiro atoms. The van der Waals surface area contributed by atoms with Crippen LogP contribution < -0.4 is 0 Å². The van der Waals surface area contributed by atoms with E-state index < -0.39 is 12.1 Å². The molecule has 0 aliphatic carbocycles. The molecule has 15 heavy (non-hydrogen) atoms. The van der Waals surface area contributed by atoms with Crippen LogP contribution in [0.15, 0.2) is 30.3 Å². The topological polar surface area (TPSA) is 60.2 Å². The highest BCUT2D eigenvalue weighted by Gasteiger charge is 1.99. The molecule has 0 aliphatic rings. The van der Waals surface area contributed by atoms with E-state index in [9.17, 15) is 14.7 Å². The Morgan fingerprint density at radius 3 is 1.87 bits per heavy atom. The molecule has 1 aromatic carbocycles. The van der Waals surface area contributed by atoms with Crippen molar-refractivity contribution in [3.63, 3.8) is 0 Å². The lowest BCUT2D eigenvalue weighted by molar-refractivity contribution is -0.384. The van der Waals surface area contributed by atoms with E-state index in [1.54, 1.807) is 31.5 Å². The van der Waals surface area contributed by atoms with Crippen LogP contribution in [0.4, 0.5) is 5.69 Å². The normalized spacial score (nSPS) is 10.1. The molecule has 0 saturated heterocycles. The zero-order valence-electron chi connectivity index (χ0n) is 9.21. The van der Waals surface area contributed by atoms with Gasteiger partial charge in [-0.05, 0) is 19.5 Å². The van der Waals surface area contributed by atoms with Gasteiger partial charge < -0.3 is 4.57 Å². The molecule has 1 aromatic rings. The molecule has 4 nitrogen and oxygen atoms in total. The number of nitro benzene ring substituents is 1. The molecule has 84 valence electrons. The van der Waals surface area contributed by atoms with Crippen LogP contribution in [-0.2, 0) is 4.57 Å². The largest absolute Gasteiger partial charge is 0.324 e. The molecule has 0 aliphatic heterocycles. The minimum atomic E-state index is -1.65. The zero-order chi connectivity index (χ0) is 11.9.